The van der Waals surface area contributed by atoms with Crippen LogP contribution in [0.5, 0.6) is 0 Å². The van der Waals surface area contributed by atoms with Gasteiger partial charge in [-0.15, -0.1) is 6.58 Å². The van der Waals surface area contributed by atoms with Crippen LogP contribution in [0.3, 0.4) is 0 Å². The standard InChI is InChI=1S/C15H18N2O3/c1-2-8-17(13-6-7-13)15(20)16-10-11-4-3-5-12(9-11)14(18)19/h2-5,9,13H,1,6-8,10H2,(H,16,20)(H,18,19). The molecular weight excluding hydrogens is 256 g/mol. The number of nitrogens with one attached hydrogen (secondary N) is 1. The molecule has 1 fully saturated rings. The Labute approximate surface area is 117 Å². The molecule has 0 atom stereocenters. The van der Waals surface area contributed by atoms with Crippen LogP contribution in [-0.4, -0.2) is 34.6 Å². The van der Waals surface area contributed by atoms with Gasteiger partial charge in [0.05, 0.1) is 5.56 Å². The molecule has 0 bridgehead atoms. The van der Waals surface area contributed by atoms with E-state index in [9.17, 15) is 9.59 Å². The first-order valence-corrected chi connectivity index (χ1v) is 6.59. The molecule has 0 saturated heterocycles. The number of carbonyl (C=O) groups excluding carboxylic acids is 1. The van der Waals surface area contributed by atoms with E-state index in [1.165, 1.54) is 6.07 Å². The van der Waals surface area contributed by atoms with Gasteiger partial charge in [0.1, 0.15) is 0 Å². The molecule has 0 radical (unpaired) electrons. The van der Waals surface area contributed by atoms with Crippen LogP contribution in [0.25, 0.3) is 0 Å². The fourth-order valence-corrected chi connectivity index (χ4v) is 2.02. The zero-order valence-electron chi connectivity index (χ0n) is 11.2. The summed E-state index contributed by atoms with van der Waals surface area (Å²) in [6, 6.07) is 6.75. The third kappa shape index (κ3) is 3.60. The summed E-state index contributed by atoms with van der Waals surface area (Å²) in [5, 5.41) is 11.7. The highest BCUT2D eigenvalue weighted by Gasteiger charge is 2.31. The van der Waals surface area contributed by atoms with Crippen LogP contribution in [-0.2, 0) is 6.54 Å². The maximum atomic E-state index is 12.1. The molecule has 2 N–H and O–H groups in total. The largest absolute Gasteiger partial charge is 0.478 e. The van der Waals surface area contributed by atoms with Crippen LogP contribution < -0.4 is 5.32 Å². The van der Waals surface area contributed by atoms with Crippen molar-refractivity contribution in [3.05, 3.63) is 48.0 Å². The Morgan fingerprint density at radius 2 is 2.20 bits per heavy atom. The number of rotatable bonds is 6. The molecule has 1 saturated carbocycles. The van der Waals surface area contributed by atoms with Gasteiger partial charge < -0.3 is 15.3 Å². The van der Waals surface area contributed by atoms with Crippen molar-refractivity contribution in [2.45, 2.75) is 25.4 Å². The summed E-state index contributed by atoms with van der Waals surface area (Å²) >= 11 is 0. The van der Waals surface area contributed by atoms with Crippen LogP contribution >= 0.6 is 0 Å². The summed E-state index contributed by atoms with van der Waals surface area (Å²) in [5.74, 6) is -0.968. The average molecular weight is 274 g/mol. The fraction of sp³-hybridized carbons (Fsp3) is 0.333. The Morgan fingerprint density at radius 1 is 1.45 bits per heavy atom. The molecular formula is C15H18N2O3. The fourth-order valence-electron chi connectivity index (χ4n) is 2.02. The minimum Gasteiger partial charge on any atom is -0.478 e. The van der Waals surface area contributed by atoms with E-state index in [-0.39, 0.29) is 11.6 Å². The zero-order valence-corrected chi connectivity index (χ0v) is 11.2. The molecule has 5 nitrogen and oxygen atoms in total. The molecule has 106 valence electrons. The molecule has 0 heterocycles. The topological polar surface area (TPSA) is 69.6 Å². The number of aromatic carboxylic acids is 1. The lowest BCUT2D eigenvalue weighted by Crippen LogP contribution is -2.41. The van der Waals surface area contributed by atoms with E-state index in [4.69, 9.17) is 5.11 Å². The third-order valence-electron chi connectivity index (χ3n) is 3.19. The van der Waals surface area contributed by atoms with Crippen molar-refractivity contribution in [2.24, 2.45) is 0 Å². The van der Waals surface area contributed by atoms with E-state index in [1.54, 1.807) is 29.2 Å². The Morgan fingerprint density at radius 3 is 2.80 bits per heavy atom. The van der Waals surface area contributed by atoms with Crippen molar-refractivity contribution < 1.29 is 14.7 Å². The number of hydrogen-bond acceptors (Lipinski definition) is 2. The second-order valence-corrected chi connectivity index (χ2v) is 4.84. The van der Waals surface area contributed by atoms with Gasteiger partial charge in [0.25, 0.3) is 0 Å². The molecule has 1 aliphatic carbocycles. The van der Waals surface area contributed by atoms with E-state index in [1.807, 2.05) is 0 Å². The van der Waals surface area contributed by atoms with Crippen molar-refractivity contribution in [1.29, 1.82) is 0 Å². The summed E-state index contributed by atoms with van der Waals surface area (Å²) in [5.41, 5.74) is 0.995. The van der Waals surface area contributed by atoms with E-state index in [0.717, 1.165) is 18.4 Å². The van der Waals surface area contributed by atoms with Gasteiger partial charge in [-0.3, -0.25) is 0 Å². The van der Waals surface area contributed by atoms with Crippen LogP contribution in [0, 0.1) is 0 Å². The van der Waals surface area contributed by atoms with Crippen LogP contribution in [0.15, 0.2) is 36.9 Å². The second kappa shape index (κ2) is 6.23. The maximum Gasteiger partial charge on any atom is 0.335 e. The van der Waals surface area contributed by atoms with Crippen LogP contribution in [0.4, 0.5) is 4.79 Å². The number of carboxylic acid groups (broad SMARTS) is 1. The first-order chi connectivity index (χ1) is 9.61. The number of carbonyl (C=O) groups is 2. The van der Waals surface area contributed by atoms with Gasteiger partial charge in [-0.05, 0) is 30.5 Å². The monoisotopic (exact) mass is 274 g/mol. The Bertz CT molecular complexity index is 524. The van der Waals surface area contributed by atoms with E-state index in [0.29, 0.717) is 19.1 Å². The Hall–Kier alpha value is -2.30. The molecule has 20 heavy (non-hydrogen) atoms. The molecule has 0 aliphatic heterocycles. The van der Waals surface area contributed by atoms with Crippen molar-refractivity contribution in [2.75, 3.05) is 6.54 Å². The molecule has 1 aromatic carbocycles. The predicted molar refractivity (Wildman–Crippen MR) is 75.6 cm³/mol. The van der Waals surface area contributed by atoms with Crippen molar-refractivity contribution >= 4 is 12.0 Å². The van der Waals surface area contributed by atoms with Crippen LogP contribution in [0.2, 0.25) is 0 Å². The highest BCUT2D eigenvalue weighted by atomic mass is 16.4. The maximum absolute atomic E-state index is 12.1. The normalized spacial score (nSPS) is 13.6. The highest BCUT2D eigenvalue weighted by molar-refractivity contribution is 5.87. The molecule has 5 heteroatoms. The minimum absolute atomic E-state index is 0.131. The summed E-state index contributed by atoms with van der Waals surface area (Å²) < 4.78 is 0. The Kier molecular flexibility index (Phi) is 4.40. The molecule has 0 spiro atoms. The number of hydrogen-bond donors (Lipinski definition) is 2. The van der Waals surface area contributed by atoms with E-state index < -0.39 is 5.97 Å². The lowest BCUT2D eigenvalue weighted by molar-refractivity contribution is 0.0696. The third-order valence-corrected chi connectivity index (χ3v) is 3.19. The van der Waals surface area contributed by atoms with Gasteiger partial charge in [-0.1, -0.05) is 18.2 Å². The molecule has 0 unspecified atom stereocenters. The lowest BCUT2D eigenvalue weighted by atomic mass is 10.1. The molecule has 1 aliphatic rings. The van der Waals surface area contributed by atoms with Crippen molar-refractivity contribution in [3.8, 4) is 0 Å². The SMILES string of the molecule is C=CCN(C(=O)NCc1cccc(C(=O)O)c1)C1CC1. The number of nitrogens with zero attached hydrogens (tertiary/aromatic N) is 1. The molecule has 1 aromatic rings. The average Bonchev–Trinajstić information content (AvgIpc) is 3.27. The minimum atomic E-state index is -0.968. The summed E-state index contributed by atoms with van der Waals surface area (Å²) in [6.45, 7) is 4.51. The number of benzene rings is 1. The van der Waals surface area contributed by atoms with Crippen molar-refractivity contribution in [3.63, 3.8) is 0 Å². The summed E-state index contributed by atoms with van der Waals surface area (Å²) in [7, 11) is 0. The number of amides is 2. The Balaban J connectivity index is 1.93. The van der Waals surface area contributed by atoms with Gasteiger partial charge in [-0.25, -0.2) is 9.59 Å². The molecule has 2 rings (SSSR count). The highest BCUT2D eigenvalue weighted by Crippen LogP contribution is 2.26. The van der Waals surface area contributed by atoms with E-state index in [2.05, 4.69) is 11.9 Å². The van der Waals surface area contributed by atoms with Gasteiger partial charge >= 0.3 is 12.0 Å². The van der Waals surface area contributed by atoms with Gasteiger partial charge in [0.2, 0.25) is 0 Å². The first kappa shape index (κ1) is 14.1. The van der Waals surface area contributed by atoms with Gasteiger partial charge in [0, 0.05) is 19.1 Å². The van der Waals surface area contributed by atoms with Crippen molar-refractivity contribution in [1.82, 2.24) is 10.2 Å². The lowest BCUT2D eigenvalue weighted by Gasteiger charge is -2.21. The first-order valence-electron chi connectivity index (χ1n) is 6.59. The van der Waals surface area contributed by atoms with Crippen LogP contribution in [0.1, 0.15) is 28.8 Å². The zero-order chi connectivity index (χ0) is 14.5. The number of carboxylic acids is 1. The molecule has 0 aromatic heterocycles. The second-order valence-electron chi connectivity index (χ2n) is 4.84. The van der Waals surface area contributed by atoms with Gasteiger partial charge in [0.15, 0.2) is 0 Å². The van der Waals surface area contributed by atoms with Gasteiger partial charge in [-0.2, -0.15) is 0 Å². The quantitative estimate of drug-likeness (QED) is 0.782. The number of urea groups is 1. The smallest absolute Gasteiger partial charge is 0.335 e. The predicted octanol–water partition coefficient (Wildman–Crippen LogP) is 2.24. The summed E-state index contributed by atoms with van der Waals surface area (Å²) in [4.78, 5) is 24.7. The van der Waals surface area contributed by atoms with E-state index >= 15 is 0 Å². The molecule has 2 amide bonds. The summed E-state index contributed by atoms with van der Waals surface area (Å²) in [6.07, 6.45) is 3.79.